The molecule has 1 aromatic carbocycles. The van der Waals surface area contributed by atoms with Gasteiger partial charge in [0.05, 0.1) is 11.8 Å². The van der Waals surface area contributed by atoms with E-state index < -0.39 is 0 Å². The van der Waals surface area contributed by atoms with E-state index in [-0.39, 0.29) is 54.3 Å². The number of hydrogen-bond acceptors (Lipinski definition) is 4. The molecule has 3 rings (SSSR count). The fraction of sp³-hybridized carbons (Fsp3) is 0.545. The maximum atomic E-state index is 12.4. The molecule has 2 heterocycles. The van der Waals surface area contributed by atoms with Crippen molar-refractivity contribution in [1.29, 1.82) is 0 Å². The fourth-order valence-electron chi connectivity index (χ4n) is 3.97. The van der Waals surface area contributed by atoms with Crippen LogP contribution in [0.15, 0.2) is 30.3 Å². The molecule has 8 heteroatoms. The van der Waals surface area contributed by atoms with Crippen molar-refractivity contribution in [2.24, 2.45) is 11.8 Å². The minimum atomic E-state index is -0.371. The molecule has 0 spiro atoms. The number of hydrogen-bond donors (Lipinski definition) is 2. The summed E-state index contributed by atoms with van der Waals surface area (Å²) >= 11 is 0. The van der Waals surface area contributed by atoms with Gasteiger partial charge in [0, 0.05) is 51.6 Å². The molecular formula is C22H30N4O4. The maximum absolute atomic E-state index is 12.4. The molecule has 2 aliphatic rings. The molecule has 2 saturated heterocycles. The van der Waals surface area contributed by atoms with Crippen LogP contribution in [-0.2, 0) is 25.7 Å². The van der Waals surface area contributed by atoms with Gasteiger partial charge in [-0.05, 0) is 19.4 Å². The molecule has 4 amide bonds. The van der Waals surface area contributed by atoms with Crippen LogP contribution in [0.5, 0.6) is 0 Å². The van der Waals surface area contributed by atoms with Crippen molar-refractivity contribution in [2.75, 3.05) is 26.2 Å². The molecule has 162 valence electrons. The Bertz CT molecular complexity index is 796. The van der Waals surface area contributed by atoms with E-state index in [4.69, 9.17) is 0 Å². The van der Waals surface area contributed by atoms with E-state index in [0.717, 1.165) is 5.56 Å². The minimum Gasteiger partial charge on any atom is -0.354 e. The van der Waals surface area contributed by atoms with Crippen molar-refractivity contribution >= 4 is 23.6 Å². The van der Waals surface area contributed by atoms with Crippen LogP contribution in [0.25, 0.3) is 0 Å². The van der Waals surface area contributed by atoms with Gasteiger partial charge in [-0.25, -0.2) is 0 Å². The van der Waals surface area contributed by atoms with Crippen LogP contribution in [0, 0.1) is 11.8 Å². The summed E-state index contributed by atoms with van der Waals surface area (Å²) in [6, 6.07) is 9.79. The number of likely N-dealkylation sites (tertiary alicyclic amines) is 2. The molecular weight excluding hydrogens is 384 g/mol. The molecule has 1 aromatic rings. The molecule has 8 nitrogen and oxygen atoms in total. The standard InChI is InChI=1S/C22H30N4O4/c1-15(2)26-14-18(11-20(26)28)22(30)24-9-8-23-21(29)17-10-19(27)25(13-17)12-16-6-4-3-5-7-16/h3-7,15,17-18H,8-14H2,1-2H3,(H,23,29)(H,24,30). The van der Waals surface area contributed by atoms with Crippen molar-refractivity contribution in [2.45, 2.75) is 39.3 Å². The average molecular weight is 415 g/mol. The van der Waals surface area contributed by atoms with Gasteiger partial charge in [0.1, 0.15) is 0 Å². The Hall–Kier alpha value is -2.90. The molecule has 0 radical (unpaired) electrons. The zero-order valence-corrected chi connectivity index (χ0v) is 17.6. The highest BCUT2D eigenvalue weighted by Gasteiger charge is 2.36. The Morgan fingerprint density at radius 3 is 2.07 bits per heavy atom. The van der Waals surface area contributed by atoms with E-state index >= 15 is 0 Å². The second-order valence-electron chi connectivity index (χ2n) is 8.28. The quantitative estimate of drug-likeness (QED) is 0.606. The first-order valence-corrected chi connectivity index (χ1v) is 10.5. The third kappa shape index (κ3) is 5.37. The zero-order chi connectivity index (χ0) is 21.7. The van der Waals surface area contributed by atoms with E-state index in [1.807, 2.05) is 44.2 Å². The van der Waals surface area contributed by atoms with Gasteiger partial charge in [-0.1, -0.05) is 30.3 Å². The summed E-state index contributed by atoms with van der Waals surface area (Å²) in [5, 5.41) is 5.59. The Labute approximate surface area is 177 Å². The molecule has 2 aliphatic heterocycles. The molecule has 0 aliphatic carbocycles. The maximum Gasteiger partial charge on any atom is 0.225 e. The second kappa shape index (κ2) is 9.73. The lowest BCUT2D eigenvalue weighted by atomic mass is 10.1. The third-order valence-electron chi connectivity index (χ3n) is 5.68. The lowest BCUT2D eigenvalue weighted by Crippen LogP contribution is -2.40. The van der Waals surface area contributed by atoms with Crippen molar-refractivity contribution in [3.05, 3.63) is 35.9 Å². The molecule has 2 atom stereocenters. The van der Waals surface area contributed by atoms with Crippen molar-refractivity contribution in [3.63, 3.8) is 0 Å². The predicted molar refractivity (Wildman–Crippen MR) is 111 cm³/mol. The van der Waals surface area contributed by atoms with Crippen LogP contribution in [0.3, 0.4) is 0 Å². The smallest absolute Gasteiger partial charge is 0.225 e. The van der Waals surface area contributed by atoms with E-state index in [0.29, 0.717) is 32.7 Å². The van der Waals surface area contributed by atoms with Crippen LogP contribution >= 0.6 is 0 Å². The molecule has 2 N–H and O–H groups in total. The van der Waals surface area contributed by atoms with Gasteiger partial charge in [0.2, 0.25) is 23.6 Å². The topological polar surface area (TPSA) is 98.8 Å². The Morgan fingerprint density at radius 1 is 0.933 bits per heavy atom. The lowest BCUT2D eigenvalue weighted by Gasteiger charge is -2.20. The minimum absolute atomic E-state index is 0.00408. The van der Waals surface area contributed by atoms with E-state index in [9.17, 15) is 19.2 Å². The fourth-order valence-corrected chi connectivity index (χ4v) is 3.97. The first-order valence-electron chi connectivity index (χ1n) is 10.5. The molecule has 0 bridgehead atoms. The van der Waals surface area contributed by atoms with Crippen LogP contribution in [0.4, 0.5) is 0 Å². The normalized spacial score (nSPS) is 21.4. The highest BCUT2D eigenvalue weighted by atomic mass is 16.2. The van der Waals surface area contributed by atoms with E-state index in [2.05, 4.69) is 10.6 Å². The SMILES string of the molecule is CC(C)N1CC(C(=O)NCCNC(=O)C2CC(=O)N(Cc3ccccc3)C2)CC1=O. The van der Waals surface area contributed by atoms with Gasteiger partial charge in [0.15, 0.2) is 0 Å². The number of benzene rings is 1. The molecule has 2 fully saturated rings. The van der Waals surface area contributed by atoms with E-state index in [1.54, 1.807) is 9.80 Å². The van der Waals surface area contributed by atoms with Gasteiger partial charge < -0.3 is 20.4 Å². The molecule has 2 unspecified atom stereocenters. The van der Waals surface area contributed by atoms with Crippen LogP contribution in [0.2, 0.25) is 0 Å². The summed E-state index contributed by atoms with van der Waals surface area (Å²) in [6.45, 7) is 5.81. The monoisotopic (exact) mass is 414 g/mol. The largest absolute Gasteiger partial charge is 0.354 e. The van der Waals surface area contributed by atoms with Crippen LogP contribution in [-0.4, -0.2) is 65.6 Å². The number of nitrogens with one attached hydrogen (secondary N) is 2. The van der Waals surface area contributed by atoms with Crippen molar-refractivity contribution in [1.82, 2.24) is 20.4 Å². The van der Waals surface area contributed by atoms with Gasteiger partial charge in [-0.3, -0.25) is 19.2 Å². The first kappa shape index (κ1) is 21.8. The summed E-state index contributed by atoms with van der Waals surface area (Å²) < 4.78 is 0. The van der Waals surface area contributed by atoms with Gasteiger partial charge >= 0.3 is 0 Å². The van der Waals surface area contributed by atoms with Crippen molar-refractivity contribution < 1.29 is 19.2 Å². The number of carbonyl (C=O) groups excluding carboxylic acids is 4. The highest BCUT2D eigenvalue weighted by molar-refractivity contribution is 5.90. The summed E-state index contributed by atoms with van der Waals surface area (Å²) in [6.07, 6.45) is 0.443. The predicted octanol–water partition coefficient (Wildman–Crippen LogP) is 0.524. The highest BCUT2D eigenvalue weighted by Crippen LogP contribution is 2.21. The van der Waals surface area contributed by atoms with E-state index in [1.165, 1.54) is 0 Å². The molecule has 30 heavy (non-hydrogen) atoms. The third-order valence-corrected chi connectivity index (χ3v) is 5.68. The summed E-state index contributed by atoms with van der Waals surface area (Å²) in [5.74, 6) is -1.06. The van der Waals surface area contributed by atoms with Gasteiger partial charge in [-0.2, -0.15) is 0 Å². The summed E-state index contributed by atoms with van der Waals surface area (Å²) in [4.78, 5) is 52.2. The van der Waals surface area contributed by atoms with Crippen LogP contribution in [0.1, 0.15) is 32.3 Å². The number of rotatable bonds is 8. The number of carbonyl (C=O) groups is 4. The second-order valence-corrected chi connectivity index (χ2v) is 8.28. The Morgan fingerprint density at radius 2 is 1.50 bits per heavy atom. The summed E-state index contributed by atoms with van der Waals surface area (Å²) in [7, 11) is 0. The number of nitrogens with zero attached hydrogens (tertiary/aromatic N) is 2. The van der Waals surface area contributed by atoms with Crippen LogP contribution < -0.4 is 10.6 Å². The van der Waals surface area contributed by atoms with Gasteiger partial charge in [-0.15, -0.1) is 0 Å². The Balaban J connectivity index is 1.36. The zero-order valence-electron chi connectivity index (χ0n) is 17.6. The average Bonchev–Trinajstić information content (AvgIpc) is 3.29. The lowest BCUT2D eigenvalue weighted by molar-refractivity contribution is -0.130. The van der Waals surface area contributed by atoms with Gasteiger partial charge in [0.25, 0.3) is 0 Å². The van der Waals surface area contributed by atoms with Crippen molar-refractivity contribution in [3.8, 4) is 0 Å². The Kier molecular flexibility index (Phi) is 7.07. The molecule has 0 saturated carbocycles. The number of amides is 4. The first-order chi connectivity index (χ1) is 14.3. The summed E-state index contributed by atoms with van der Waals surface area (Å²) in [5.41, 5.74) is 1.04. The molecule has 0 aromatic heterocycles.